The first-order chi connectivity index (χ1) is 7.79. The average Bonchev–Trinajstić information content (AvgIpc) is 2.69. The van der Waals surface area contributed by atoms with E-state index in [1.807, 2.05) is 6.07 Å². The molecule has 92 valence electrons. The van der Waals surface area contributed by atoms with Gasteiger partial charge in [-0.05, 0) is 35.0 Å². The molecule has 0 saturated carbocycles. The highest BCUT2D eigenvalue weighted by Crippen LogP contribution is 2.28. The predicted octanol–water partition coefficient (Wildman–Crippen LogP) is 4.66. The Morgan fingerprint density at radius 2 is 2.12 bits per heavy atom. The van der Waals surface area contributed by atoms with Crippen LogP contribution in [0.15, 0.2) is 21.2 Å². The van der Waals surface area contributed by atoms with Gasteiger partial charge < -0.3 is 9.73 Å². The second kappa shape index (κ2) is 7.91. The van der Waals surface area contributed by atoms with Crippen LogP contribution in [0, 0.1) is 0 Å². The number of unbranched alkanes of at least 4 members (excludes halogenated alkanes) is 3. The van der Waals surface area contributed by atoms with Crippen molar-refractivity contribution in [1.29, 1.82) is 0 Å². The zero-order chi connectivity index (χ0) is 11.8. The first kappa shape index (κ1) is 13.8. The highest BCUT2D eigenvalue weighted by molar-refractivity contribution is 9.10. The molecule has 1 atom stereocenters. The van der Waals surface area contributed by atoms with Crippen LogP contribution >= 0.6 is 15.9 Å². The van der Waals surface area contributed by atoms with Gasteiger partial charge >= 0.3 is 0 Å². The molecule has 0 aliphatic carbocycles. The van der Waals surface area contributed by atoms with Gasteiger partial charge in [-0.1, -0.05) is 39.5 Å². The molecule has 2 nitrogen and oxygen atoms in total. The van der Waals surface area contributed by atoms with Gasteiger partial charge in [-0.15, -0.1) is 0 Å². The summed E-state index contributed by atoms with van der Waals surface area (Å²) in [6.45, 7) is 5.35. The van der Waals surface area contributed by atoms with Crippen molar-refractivity contribution in [1.82, 2.24) is 5.32 Å². The molecule has 0 aromatic carbocycles. The van der Waals surface area contributed by atoms with Crippen LogP contribution < -0.4 is 5.32 Å². The number of rotatable bonds is 8. The third-order valence-electron chi connectivity index (χ3n) is 2.76. The molecular formula is C13H22BrNO. The van der Waals surface area contributed by atoms with Crippen LogP contribution in [0.1, 0.15) is 57.8 Å². The summed E-state index contributed by atoms with van der Waals surface area (Å²) in [7, 11) is 0. The molecule has 0 fully saturated rings. The standard InChI is InChI=1S/C13H22BrNO/c1-3-5-6-7-8-12(15-4-2)13-11(14)9-10-16-13/h9-10,12,15H,3-8H2,1-2H3. The van der Waals surface area contributed by atoms with Gasteiger partial charge in [0.15, 0.2) is 0 Å². The van der Waals surface area contributed by atoms with Crippen molar-refractivity contribution in [3.8, 4) is 0 Å². The van der Waals surface area contributed by atoms with E-state index in [1.165, 1.54) is 25.7 Å². The molecule has 1 N–H and O–H groups in total. The summed E-state index contributed by atoms with van der Waals surface area (Å²) in [6, 6.07) is 2.32. The van der Waals surface area contributed by atoms with Gasteiger partial charge in [0, 0.05) is 0 Å². The maximum atomic E-state index is 5.53. The van der Waals surface area contributed by atoms with Gasteiger partial charge in [0.1, 0.15) is 5.76 Å². The zero-order valence-corrected chi connectivity index (χ0v) is 11.8. The number of hydrogen-bond acceptors (Lipinski definition) is 2. The fourth-order valence-electron chi connectivity index (χ4n) is 1.90. The van der Waals surface area contributed by atoms with E-state index in [9.17, 15) is 0 Å². The van der Waals surface area contributed by atoms with E-state index in [0.717, 1.165) is 23.2 Å². The van der Waals surface area contributed by atoms with E-state index in [-0.39, 0.29) is 0 Å². The van der Waals surface area contributed by atoms with Crippen LogP contribution in [0.3, 0.4) is 0 Å². The lowest BCUT2D eigenvalue weighted by atomic mass is 10.1. The van der Waals surface area contributed by atoms with Crippen LogP contribution in [0.5, 0.6) is 0 Å². The molecule has 0 saturated heterocycles. The molecule has 0 bridgehead atoms. The Bertz CT molecular complexity index is 285. The highest BCUT2D eigenvalue weighted by atomic mass is 79.9. The maximum absolute atomic E-state index is 5.53. The smallest absolute Gasteiger partial charge is 0.134 e. The van der Waals surface area contributed by atoms with Crippen molar-refractivity contribution < 1.29 is 4.42 Å². The second-order valence-corrected chi connectivity index (χ2v) is 4.95. The van der Waals surface area contributed by atoms with Crippen LogP contribution in [-0.2, 0) is 0 Å². The van der Waals surface area contributed by atoms with Gasteiger partial charge in [0.25, 0.3) is 0 Å². The van der Waals surface area contributed by atoms with Crippen LogP contribution in [0.25, 0.3) is 0 Å². The molecule has 0 amide bonds. The molecule has 0 spiro atoms. The number of furan rings is 1. The zero-order valence-electron chi connectivity index (χ0n) is 10.3. The van der Waals surface area contributed by atoms with E-state index < -0.39 is 0 Å². The van der Waals surface area contributed by atoms with E-state index in [1.54, 1.807) is 6.26 Å². The minimum Gasteiger partial charge on any atom is -0.466 e. The van der Waals surface area contributed by atoms with Crippen molar-refractivity contribution in [2.45, 2.75) is 52.0 Å². The van der Waals surface area contributed by atoms with E-state index in [4.69, 9.17) is 4.42 Å². The SMILES string of the molecule is CCCCCCC(NCC)c1occc1Br. The van der Waals surface area contributed by atoms with Crippen molar-refractivity contribution in [3.05, 3.63) is 22.6 Å². The molecule has 1 unspecified atom stereocenters. The Balaban J connectivity index is 2.45. The first-order valence-corrected chi connectivity index (χ1v) is 7.05. The van der Waals surface area contributed by atoms with Crippen molar-refractivity contribution in [2.24, 2.45) is 0 Å². The molecule has 1 aromatic heterocycles. The van der Waals surface area contributed by atoms with Crippen LogP contribution in [-0.4, -0.2) is 6.54 Å². The minimum absolute atomic E-state index is 0.353. The van der Waals surface area contributed by atoms with E-state index in [0.29, 0.717) is 6.04 Å². The topological polar surface area (TPSA) is 25.2 Å². The lowest BCUT2D eigenvalue weighted by molar-refractivity contribution is 0.388. The fraction of sp³-hybridized carbons (Fsp3) is 0.692. The van der Waals surface area contributed by atoms with Gasteiger partial charge in [-0.25, -0.2) is 0 Å². The van der Waals surface area contributed by atoms with Gasteiger partial charge in [0.2, 0.25) is 0 Å². The summed E-state index contributed by atoms with van der Waals surface area (Å²) >= 11 is 3.53. The summed E-state index contributed by atoms with van der Waals surface area (Å²) in [6.07, 6.45) is 8.10. The predicted molar refractivity (Wildman–Crippen MR) is 71.6 cm³/mol. The Morgan fingerprint density at radius 1 is 1.31 bits per heavy atom. The highest BCUT2D eigenvalue weighted by Gasteiger charge is 2.16. The van der Waals surface area contributed by atoms with E-state index in [2.05, 4.69) is 35.1 Å². The third-order valence-corrected chi connectivity index (χ3v) is 3.41. The largest absolute Gasteiger partial charge is 0.466 e. The van der Waals surface area contributed by atoms with Gasteiger partial charge in [-0.2, -0.15) is 0 Å². The summed E-state index contributed by atoms with van der Waals surface area (Å²) in [5.74, 6) is 1.04. The average molecular weight is 288 g/mol. The lowest BCUT2D eigenvalue weighted by Crippen LogP contribution is -2.20. The third kappa shape index (κ3) is 4.30. The Morgan fingerprint density at radius 3 is 2.69 bits per heavy atom. The maximum Gasteiger partial charge on any atom is 0.134 e. The van der Waals surface area contributed by atoms with Gasteiger partial charge in [0.05, 0.1) is 16.8 Å². The summed E-state index contributed by atoms with van der Waals surface area (Å²) in [5.41, 5.74) is 0. The monoisotopic (exact) mass is 287 g/mol. The molecule has 1 aromatic rings. The number of halogens is 1. The normalized spacial score (nSPS) is 12.9. The minimum atomic E-state index is 0.353. The molecule has 0 aliphatic rings. The summed E-state index contributed by atoms with van der Waals surface area (Å²) in [4.78, 5) is 0. The first-order valence-electron chi connectivity index (χ1n) is 6.25. The Hall–Kier alpha value is -0.280. The van der Waals surface area contributed by atoms with Crippen molar-refractivity contribution >= 4 is 15.9 Å². The molecule has 0 aliphatic heterocycles. The quantitative estimate of drug-likeness (QED) is 0.704. The molecule has 1 rings (SSSR count). The lowest BCUT2D eigenvalue weighted by Gasteiger charge is -2.15. The summed E-state index contributed by atoms with van der Waals surface area (Å²) < 4.78 is 6.60. The van der Waals surface area contributed by atoms with Crippen LogP contribution in [0.2, 0.25) is 0 Å². The summed E-state index contributed by atoms with van der Waals surface area (Å²) in [5, 5.41) is 3.48. The number of nitrogens with one attached hydrogen (secondary N) is 1. The Kier molecular flexibility index (Phi) is 6.81. The molecular weight excluding hydrogens is 266 g/mol. The Labute approximate surface area is 107 Å². The molecule has 16 heavy (non-hydrogen) atoms. The molecule has 1 heterocycles. The molecule has 3 heteroatoms. The second-order valence-electron chi connectivity index (χ2n) is 4.09. The fourth-order valence-corrected chi connectivity index (χ4v) is 2.38. The molecule has 0 radical (unpaired) electrons. The van der Waals surface area contributed by atoms with Crippen molar-refractivity contribution in [3.63, 3.8) is 0 Å². The van der Waals surface area contributed by atoms with E-state index >= 15 is 0 Å². The van der Waals surface area contributed by atoms with Gasteiger partial charge in [-0.3, -0.25) is 0 Å². The van der Waals surface area contributed by atoms with Crippen LogP contribution in [0.4, 0.5) is 0 Å². The van der Waals surface area contributed by atoms with Crippen molar-refractivity contribution in [2.75, 3.05) is 6.54 Å². The number of hydrogen-bond donors (Lipinski definition) is 1.